The fourth-order valence-electron chi connectivity index (χ4n) is 2.23. The first kappa shape index (κ1) is 12.6. The molecule has 1 aliphatic rings. The molecule has 1 aromatic carbocycles. The second kappa shape index (κ2) is 4.79. The standard InChI is InChI=1S/C14H16N2O2/c1-14(18)7-8-16(10-14)13(17)12(9-15)11-5-3-2-4-6-11/h2-6,12,18H,7-8,10H2,1H3. The summed E-state index contributed by atoms with van der Waals surface area (Å²) in [6.45, 7) is 2.53. The lowest BCUT2D eigenvalue weighted by molar-refractivity contribution is -0.131. The van der Waals surface area contributed by atoms with Gasteiger partial charge in [-0.3, -0.25) is 4.79 Å². The number of carbonyl (C=O) groups excluding carboxylic acids is 1. The van der Waals surface area contributed by atoms with Gasteiger partial charge in [0.1, 0.15) is 5.92 Å². The normalized spacial score (nSPS) is 24.6. The molecule has 1 heterocycles. The third kappa shape index (κ3) is 2.52. The van der Waals surface area contributed by atoms with Gasteiger partial charge in [-0.15, -0.1) is 0 Å². The summed E-state index contributed by atoms with van der Waals surface area (Å²) in [5, 5.41) is 19.0. The molecule has 0 aromatic heterocycles. The summed E-state index contributed by atoms with van der Waals surface area (Å²) >= 11 is 0. The molecule has 94 valence electrons. The van der Waals surface area contributed by atoms with Crippen molar-refractivity contribution in [3.8, 4) is 6.07 Å². The number of nitrogens with zero attached hydrogens (tertiary/aromatic N) is 2. The molecular formula is C14H16N2O2. The SMILES string of the molecule is CC1(O)CCN(C(=O)C(C#N)c2ccccc2)C1. The van der Waals surface area contributed by atoms with E-state index >= 15 is 0 Å². The van der Waals surface area contributed by atoms with Crippen molar-refractivity contribution in [2.24, 2.45) is 0 Å². The van der Waals surface area contributed by atoms with E-state index in [1.54, 1.807) is 24.0 Å². The third-order valence-electron chi connectivity index (χ3n) is 3.27. The number of nitriles is 1. The zero-order chi connectivity index (χ0) is 13.2. The maximum absolute atomic E-state index is 12.3. The van der Waals surface area contributed by atoms with E-state index in [4.69, 9.17) is 0 Å². The van der Waals surface area contributed by atoms with E-state index < -0.39 is 11.5 Å². The molecule has 4 nitrogen and oxygen atoms in total. The van der Waals surface area contributed by atoms with Crippen LogP contribution in [0.4, 0.5) is 0 Å². The van der Waals surface area contributed by atoms with Crippen molar-refractivity contribution in [3.05, 3.63) is 35.9 Å². The van der Waals surface area contributed by atoms with Crippen molar-refractivity contribution in [1.29, 1.82) is 5.26 Å². The van der Waals surface area contributed by atoms with E-state index in [2.05, 4.69) is 0 Å². The molecule has 1 fully saturated rings. The largest absolute Gasteiger partial charge is 0.388 e. The fraction of sp³-hybridized carbons (Fsp3) is 0.429. The molecule has 2 unspecified atom stereocenters. The molecule has 4 heteroatoms. The molecule has 1 amide bonds. The molecular weight excluding hydrogens is 228 g/mol. The van der Waals surface area contributed by atoms with Crippen LogP contribution in [0.25, 0.3) is 0 Å². The van der Waals surface area contributed by atoms with E-state index in [0.29, 0.717) is 25.1 Å². The number of aliphatic hydroxyl groups is 1. The Labute approximate surface area is 106 Å². The second-order valence-corrected chi connectivity index (χ2v) is 4.98. The first-order chi connectivity index (χ1) is 8.53. The van der Waals surface area contributed by atoms with Gasteiger partial charge in [0, 0.05) is 13.1 Å². The molecule has 1 N–H and O–H groups in total. The average molecular weight is 244 g/mol. The Morgan fingerprint density at radius 3 is 2.67 bits per heavy atom. The van der Waals surface area contributed by atoms with Gasteiger partial charge >= 0.3 is 0 Å². The zero-order valence-electron chi connectivity index (χ0n) is 10.3. The maximum atomic E-state index is 12.3. The summed E-state index contributed by atoms with van der Waals surface area (Å²) < 4.78 is 0. The van der Waals surface area contributed by atoms with E-state index in [1.165, 1.54) is 0 Å². The van der Waals surface area contributed by atoms with Crippen LogP contribution in [0.1, 0.15) is 24.8 Å². The lowest BCUT2D eigenvalue weighted by atomic mass is 9.99. The number of benzene rings is 1. The summed E-state index contributed by atoms with van der Waals surface area (Å²) in [6.07, 6.45) is 0.561. The molecule has 0 saturated carbocycles. The lowest BCUT2D eigenvalue weighted by Gasteiger charge is -2.21. The van der Waals surface area contributed by atoms with Crippen LogP contribution in [-0.4, -0.2) is 34.6 Å². The molecule has 0 radical (unpaired) electrons. The Morgan fingerprint density at radius 1 is 1.50 bits per heavy atom. The molecule has 18 heavy (non-hydrogen) atoms. The predicted octanol–water partition coefficient (Wildman–Crippen LogP) is 1.28. The van der Waals surface area contributed by atoms with Crippen LogP contribution in [0.3, 0.4) is 0 Å². The summed E-state index contributed by atoms with van der Waals surface area (Å²) in [5.74, 6) is -0.999. The van der Waals surface area contributed by atoms with Crippen molar-refractivity contribution in [2.75, 3.05) is 13.1 Å². The van der Waals surface area contributed by atoms with Crippen LogP contribution < -0.4 is 0 Å². The first-order valence-electron chi connectivity index (χ1n) is 5.99. The highest BCUT2D eigenvalue weighted by molar-refractivity contribution is 5.86. The molecule has 0 bridgehead atoms. The molecule has 0 spiro atoms. The van der Waals surface area contributed by atoms with E-state index in [-0.39, 0.29) is 5.91 Å². The topological polar surface area (TPSA) is 64.3 Å². The summed E-state index contributed by atoms with van der Waals surface area (Å²) in [5.41, 5.74) is -0.122. The van der Waals surface area contributed by atoms with E-state index in [9.17, 15) is 15.2 Å². The first-order valence-corrected chi connectivity index (χ1v) is 5.99. The molecule has 1 saturated heterocycles. The van der Waals surface area contributed by atoms with Crippen LogP contribution in [0.5, 0.6) is 0 Å². The van der Waals surface area contributed by atoms with Gasteiger partial charge in [0.05, 0.1) is 11.7 Å². The van der Waals surface area contributed by atoms with Crippen LogP contribution >= 0.6 is 0 Å². The van der Waals surface area contributed by atoms with Gasteiger partial charge < -0.3 is 10.0 Å². The fourth-order valence-corrected chi connectivity index (χ4v) is 2.23. The Balaban J connectivity index is 2.16. The molecule has 1 aromatic rings. The number of rotatable bonds is 2. The van der Waals surface area contributed by atoms with Crippen molar-refractivity contribution in [2.45, 2.75) is 24.9 Å². The van der Waals surface area contributed by atoms with Crippen molar-refractivity contribution in [3.63, 3.8) is 0 Å². The zero-order valence-corrected chi connectivity index (χ0v) is 10.3. The highest BCUT2D eigenvalue weighted by Crippen LogP contribution is 2.25. The monoisotopic (exact) mass is 244 g/mol. The lowest BCUT2D eigenvalue weighted by Crippen LogP contribution is -2.36. The number of hydrogen-bond donors (Lipinski definition) is 1. The summed E-state index contributed by atoms with van der Waals surface area (Å²) in [7, 11) is 0. The van der Waals surface area contributed by atoms with Crippen LogP contribution in [-0.2, 0) is 4.79 Å². The van der Waals surface area contributed by atoms with Crippen LogP contribution in [0.2, 0.25) is 0 Å². The maximum Gasteiger partial charge on any atom is 0.244 e. The third-order valence-corrected chi connectivity index (χ3v) is 3.27. The Kier molecular flexibility index (Phi) is 3.35. The minimum absolute atomic E-state index is 0.221. The highest BCUT2D eigenvalue weighted by Gasteiger charge is 2.36. The van der Waals surface area contributed by atoms with Gasteiger partial charge in [-0.1, -0.05) is 30.3 Å². The predicted molar refractivity (Wildman–Crippen MR) is 66.6 cm³/mol. The molecule has 1 aliphatic heterocycles. The van der Waals surface area contributed by atoms with Gasteiger partial charge in [-0.05, 0) is 18.9 Å². The average Bonchev–Trinajstić information content (AvgIpc) is 2.72. The minimum atomic E-state index is -0.827. The number of amides is 1. The van der Waals surface area contributed by atoms with E-state index in [0.717, 1.165) is 0 Å². The van der Waals surface area contributed by atoms with Crippen molar-refractivity contribution < 1.29 is 9.90 Å². The summed E-state index contributed by atoms with van der Waals surface area (Å²) in [4.78, 5) is 13.8. The van der Waals surface area contributed by atoms with Gasteiger partial charge in [0.25, 0.3) is 0 Å². The second-order valence-electron chi connectivity index (χ2n) is 4.98. The number of likely N-dealkylation sites (tertiary alicyclic amines) is 1. The number of β-amino-alcohol motifs (C(OH)–C–C–N with tert-alkyl or cyclic N) is 1. The number of hydrogen-bond acceptors (Lipinski definition) is 3. The van der Waals surface area contributed by atoms with Gasteiger partial charge in [-0.25, -0.2) is 0 Å². The molecule has 0 aliphatic carbocycles. The van der Waals surface area contributed by atoms with Gasteiger partial charge in [0.2, 0.25) is 5.91 Å². The smallest absolute Gasteiger partial charge is 0.244 e. The van der Waals surface area contributed by atoms with Crippen molar-refractivity contribution >= 4 is 5.91 Å². The van der Waals surface area contributed by atoms with Gasteiger partial charge in [-0.2, -0.15) is 5.26 Å². The van der Waals surface area contributed by atoms with Crippen LogP contribution in [0, 0.1) is 11.3 Å². The van der Waals surface area contributed by atoms with E-state index in [1.807, 2.05) is 24.3 Å². The van der Waals surface area contributed by atoms with Crippen LogP contribution in [0.15, 0.2) is 30.3 Å². The quantitative estimate of drug-likeness (QED) is 0.852. The minimum Gasteiger partial charge on any atom is -0.388 e. The Hall–Kier alpha value is -1.86. The Morgan fingerprint density at radius 2 is 2.17 bits per heavy atom. The molecule has 2 atom stereocenters. The Bertz CT molecular complexity index is 476. The van der Waals surface area contributed by atoms with Gasteiger partial charge in [0.15, 0.2) is 0 Å². The van der Waals surface area contributed by atoms with Crippen molar-refractivity contribution in [1.82, 2.24) is 4.90 Å². The molecule has 2 rings (SSSR count). The highest BCUT2D eigenvalue weighted by atomic mass is 16.3. The summed E-state index contributed by atoms with van der Waals surface area (Å²) in [6, 6.07) is 11.1. The number of carbonyl (C=O) groups is 1.